The molecule has 0 rings (SSSR count). The van der Waals surface area contributed by atoms with E-state index in [0.717, 1.165) is 13.0 Å². The Bertz CT molecular complexity index is 196. The summed E-state index contributed by atoms with van der Waals surface area (Å²) in [6, 6.07) is 2.43. The smallest absolute Gasteiger partial charge is 0.129 e. The molecule has 3 nitrogen and oxygen atoms in total. The van der Waals surface area contributed by atoms with E-state index in [1.165, 1.54) is 0 Å². The lowest BCUT2D eigenvalue weighted by atomic mass is 10.2. The molecule has 3 heteroatoms. The van der Waals surface area contributed by atoms with Crippen molar-refractivity contribution in [2.45, 2.75) is 39.2 Å². The van der Waals surface area contributed by atoms with E-state index in [1.807, 2.05) is 14.0 Å². The predicted octanol–water partition coefficient (Wildman–Crippen LogP) is 1.59. The number of nitrogens with zero attached hydrogens (tertiary/aromatic N) is 2. The molecule has 1 atom stereocenters. The van der Waals surface area contributed by atoms with Gasteiger partial charge in [-0.15, -0.1) is 0 Å². The van der Waals surface area contributed by atoms with Gasteiger partial charge in [0.15, 0.2) is 0 Å². The third-order valence-electron chi connectivity index (χ3n) is 2.18. The summed E-state index contributed by atoms with van der Waals surface area (Å²) in [5.41, 5.74) is 0. The van der Waals surface area contributed by atoms with Crippen molar-refractivity contribution in [2.75, 3.05) is 13.6 Å². The fourth-order valence-electron chi connectivity index (χ4n) is 1.09. The molecule has 74 valence electrons. The molecule has 0 N–H and O–H groups in total. The molecule has 0 saturated heterocycles. The number of hydrogen-bond acceptors (Lipinski definition) is 3. The first-order valence-electron chi connectivity index (χ1n) is 4.64. The summed E-state index contributed by atoms with van der Waals surface area (Å²) in [5, 5.41) is 8.47. The van der Waals surface area contributed by atoms with Gasteiger partial charge < -0.3 is 9.69 Å². The fourth-order valence-corrected chi connectivity index (χ4v) is 1.09. The van der Waals surface area contributed by atoms with Gasteiger partial charge >= 0.3 is 0 Å². The highest BCUT2D eigenvalue weighted by atomic mass is 16.1. The van der Waals surface area contributed by atoms with Crippen LogP contribution in [0.25, 0.3) is 0 Å². The standard InChI is InChI=1S/C10H18N2O/c1-9(6-7-11)12(3)8-4-5-10(2)13/h9H,4-6,8H2,1-3H3. The van der Waals surface area contributed by atoms with Crippen molar-refractivity contribution in [3.63, 3.8) is 0 Å². The van der Waals surface area contributed by atoms with Crippen LogP contribution in [0.4, 0.5) is 0 Å². The number of carbonyl (C=O) groups is 1. The van der Waals surface area contributed by atoms with Crippen molar-refractivity contribution in [3.05, 3.63) is 0 Å². The highest BCUT2D eigenvalue weighted by Gasteiger charge is 2.07. The Morgan fingerprint density at radius 1 is 1.62 bits per heavy atom. The number of Topliss-reactive ketones (excluding diaryl/α,β-unsaturated/α-hetero) is 1. The molecule has 0 spiro atoms. The lowest BCUT2D eigenvalue weighted by molar-refractivity contribution is -0.117. The van der Waals surface area contributed by atoms with Crippen molar-refractivity contribution >= 4 is 5.78 Å². The summed E-state index contributed by atoms with van der Waals surface area (Å²) in [7, 11) is 1.99. The lowest BCUT2D eigenvalue weighted by Crippen LogP contribution is -2.29. The van der Waals surface area contributed by atoms with E-state index in [4.69, 9.17) is 5.26 Å². The van der Waals surface area contributed by atoms with Gasteiger partial charge in [-0.25, -0.2) is 0 Å². The van der Waals surface area contributed by atoms with Crippen LogP contribution in [0.15, 0.2) is 0 Å². The Balaban J connectivity index is 3.56. The van der Waals surface area contributed by atoms with E-state index < -0.39 is 0 Å². The average Bonchev–Trinajstić information content (AvgIpc) is 2.04. The number of rotatable bonds is 6. The second-order valence-corrected chi connectivity index (χ2v) is 3.50. The van der Waals surface area contributed by atoms with Gasteiger partial charge in [-0.05, 0) is 33.9 Å². The zero-order valence-electron chi connectivity index (χ0n) is 8.71. The van der Waals surface area contributed by atoms with E-state index in [2.05, 4.69) is 11.0 Å². The Morgan fingerprint density at radius 3 is 2.69 bits per heavy atom. The van der Waals surface area contributed by atoms with Crippen LogP contribution in [0.5, 0.6) is 0 Å². The lowest BCUT2D eigenvalue weighted by Gasteiger charge is -2.21. The molecule has 1 unspecified atom stereocenters. The minimum atomic E-state index is 0.237. The van der Waals surface area contributed by atoms with Gasteiger partial charge in [-0.3, -0.25) is 0 Å². The SMILES string of the molecule is CC(=O)CCCN(C)C(C)CC#N. The molecule has 0 aromatic rings. The monoisotopic (exact) mass is 182 g/mol. The molecule has 0 radical (unpaired) electrons. The first kappa shape index (κ1) is 12.1. The summed E-state index contributed by atoms with van der Waals surface area (Å²) in [5.74, 6) is 0.237. The summed E-state index contributed by atoms with van der Waals surface area (Å²) >= 11 is 0. The van der Waals surface area contributed by atoms with Crippen LogP contribution in [-0.2, 0) is 4.79 Å². The zero-order chi connectivity index (χ0) is 10.3. The molecule has 0 bridgehead atoms. The van der Waals surface area contributed by atoms with Gasteiger partial charge in [-0.1, -0.05) is 0 Å². The molecule has 0 aliphatic carbocycles. The second-order valence-electron chi connectivity index (χ2n) is 3.50. The normalized spacial score (nSPS) is 12.5. The zero-order valence-corrected chi connectivity index (χ0v) is 8.71. The number of hydrogen-bond donors (Lipinski definition) is 0. The van der Waals surface area contributed by atoms with Crippen molar-refractivity contribution in [1.82, 2.24) is 4.90 Å². The first-order valence-corrected chi connectivity index (χ1v) is 4.64. The van der Waals surface area contributed by atoms with Crippen molar-refractivity contribution in [1.29, 1.82) is 5.26 Å². The van der Waals surface area contributed by atoms with Crippen LogP contribution in [0.3, 0.4) is 0 Å². The van der Waals surface area contributed by atoms with Gasteiger partial charge in [0, 0.05) is 12.5 Å². The van der Waals surface area contributed by atoms with Crippen LogP contribution in [0, 0.1) is 11.3 Å². The quantitative estimate of drug-likeness (QED) is 0.626. The predicted molar refractivity (Wildman–Crippen MR) is 52.2 cm³/mol. The summed E-state index contributed by atoms with van der Waals surface area (Å²) in [6.07, 6.45) is 2.09. The van der Waals surface area contributed by atoms with Gasteiger partial charge in [0.05, 0.1) is 12.5 Å². The molecule has 0 amide bonds. The van der Waals surface area contributed by atoms with Crippen LogP contribution in [-0.4, -0.2) is 30.3 Å². The molecular formula is C10H18N2O. The molecule has 13 heavy (non-hydrogen) atoms. The Morgan fingerprint density at radius 2 is 2.23 bits per heavy atom. The Labute approximate surface area is 80.3 Å². The number of carbonyl (C=O) groups excluding carboxylic acids is 1. The van der Waals surface area contributed by atoms with Crippen LogP contribution in [0.1, 0.15) is 33.1 Å². The minimum Gasteiger partial charge on any atom is -0.303 e. The third-order valence-corrected chi connectivity index (χ3v) is 2.18. The number of nitriles is 1. The molecule has 0 fully saturated rings. The number of ketones is 1. The van der Waals surface area contributed by atoms with Crippen molar-refractivity contribution in [3.8, 4) is 6.07 Å². The first-order chi connectivity index (χ1) is 6.07. The molecule has 0 aromatic carbocycles. The Kier molecular flexibility index (Phi) is 6.17. The van der Waals surface area contributed by atoms with E-state index in [9.17, 15) is 4.79 Å². The summed E-state index contributed by atoms with van der Waals surface area (Å²) in [6.45, 7) is 4.53. The molecule has 0 aliphatic heterocycles. The largest absolute Gasteiger partial charge is 0.303 e. The van der Waals surface area contributed by atoms with Crippen LogP contribution in [0.2, 0.25) is 0 Å². The summed E-state index contributed by atoms with van der Waals surface area (Å²) in [4.78, 5) is 12.8. The highest BCUT2D eigenvalue weighted by Crippen LogP contribution is 2.02. The molecular weight excluding hydrogens is 164 g/mol. The van der Waals surface area contributed by atoms with Gasteiger partial charge in [0.2, 0.25) is 0 Å². The topological polar surface area (TPSA) is 44.1 Å². The maximum absolute atomic E-state index is 10.6. The van der Waals surface area contributed by atoms with E-state index in [-0.39, 0.29) is 11.8 Å². The minimum absolute atomic E-state index is 0.237. The molecule has 0 heterocycles. The second kappa shape index (κ2) is 6.62. The van der Waals surface area contributed by atoms with E-state index in [0.29, 0.717) is 12.8 Å². The third kappa shape index (κ3) is 6.30. The van der Waals surface area contributed by atoms with Gasteiger partial charge in [-0.2, -0.15) is 5.26 Å². The fraction of sp³-hybridized carbons (Fsp3) is 0.800. The molecule has 0 aliphatic rings. The van der Waals surface area contributed by atoms with E-state index >= 15 is 0 Å². The van der Waals surface area contributed by atoms with Crippen LogP contribution < -0.4 is 0 Å². The van der Waals surface area contributed by atoms with Crippen molar-refractivity contribution < 1.29 is 4.79 Å². The maximum Gasteiger partial charge on any atom is 0.129 e. The van der Waals surface area contributed by atoms with Gasteiger partial charge in [0.1, 0.15) is 5.78 Å². The van der Waals surface area contributed by atoms with E-state index in [1.54, 1.807) is 6.92 Å². The molecule has 0 aromatic heterocycles. The molecule has 0 saturated carbocycles. The average molecular weight is 182 g/mol. The van der Waals surface area contributed by atoms with Crippen molar-refractivity contribution in [2.24, 2.45) is 0 Å². The van der Waals surface area contributed by atoms with Gasteiger partial charge in [0.25, 0.3) is 0 Å². The van der Waals surface area contributed by atoms with Crippen LogP contribution >= 0.6 is 0 Å². The Hall–Kier alpha value is -0.880. The maximum atomic E-state index is 10.6. The summed E-state index contributed by atoms with van der Waals surface area (Å²) < 4.78 is 0. The highest BCUT2D eigenvalue weighted by molar-refractivity contribution is 5.75.